The van der Waals surface area contributed by atoms with Crippen molar-refractivity contribution in [3.8, 4) is 11.5 Å². The van der Waals surface area contributed by atoms with Crippen molar-refractivity contribution >= 4 is 0 Å². The zero-order valence-corrected chi connectivity index (χ0v) is 13.2. The van der Waals surface area contributed by atoms with Crippen molar-refractivity contribution in [1.82, 2.24) is 0 Å². The lowest BCUT2D eigenvalue weighted by molar-refractivity contribution is 0.472. The van der Waals surface area contributed by atoms with E-state index in [4.69, 9.17) is 10.5 Å². The summed E-state index contributed by atoms with van der Waals surface area (Å²) in [6.07, 6.45) is 1.81. The fraction of sp³-hybridized carbons (Fsp3) is 0.368. The van der Waals surface area contributed by atoms with E-state index < -0.39 is 0 Å². The van der Waals surface area contributed by atoms with Crippen molar-refractivity contribution in [1.29, 1.82) is 0 Å². The molecule has 2 heteroatoms. The van der Waals surface area contributed by atoms with E-state index in [0.29, 0.717) is 5.92 Å². The Morgan fingerprint density at radius 1 is 1.00 bits per heavy atom. The minimum Gasteiger partial charge on any atom is -0.457 e. The predicted molar refractivity (Wildman–Crippen MR) is 89.0 cm³/mol. The maximum atomic E-state index is 6.06. The molecule has 0 saturated heterocycles. The van der Waals surface area contributed by atoms with Gasteiger partial charge in [0.15, 0.2) is 0 Å². The Labute approximate surface area is 127 Å². The molecule has 2 rings (SSSR count). The average molecular weight is 283 g/mol. The second-order valence-corrected chi connectivity index (χ2v) is 5.81. The second-order valence-electron chi connectivity index (χ2n) is 5.81. The molecule has 0 saturated carbocycles. The first-order valence-corrected chi connectivity index (χ1v) is 7.71. The fourth-order valence-corrected chi connectivity index (χ4v) is 2.25. The van der Waals surface area contributed by atoms with Crippen LogP contribution in [0.15, 0.2) is 48.5 Å². The van der Waals surface area contributed by atoms with E-state index in [1.54, 1.807) is 0 Å². The Bertz CT molecular complexity index is 560. The van der Waals surface area contributed by atoms with Crippen LogP contribution in [0.2, 0.25) is 0 Å². The van der Waals surface area contributed by atoms with E-state index in [0.717, 1.165) is 24.3 Å². The van der Waals surface area contributed by atoms with Crippen LogP contribution in [0.1, 0.15) is 44.2 Å². The highest BCUT2D eigenvalue weighted by molar-refractivity contribution is 5.39. The average Bonchev–Trinajstić information content (AvgIpc) is 2.49. The second kappa shape index (κ2) is 7.28. The third-order valence-electron chi connectivity index (χ3n) is 3.75. The summed E-state index contributed by atoms with van der Waals surface area (Å²) in [7, 11) is 0. The Morgan fingerprint density at radius 2 is 1.67 bits per heavy atom. The van der Waals surface area contributed by atoms with Crippen molar-refractivity contribution in [2.75, 3.05) is 0 Å². The molecule has 0 amide bonds. The molecule has 1 atom stereocenters. The van der Waals surface area contributed by atoms with Crippen molar-refractivity contribution < 1.29 is 4.74 Å². The largest absolute Gasteiger partial charge is 0.457 e. The van der Waals surface area contributed by atoms with Crippen LogP contribution in [-0.4, -0.2) is 6.04 Å². The van der Waals surface area contributed by atoms with E-state index in [9.17, 15) is 0 Å². The molecule has 2 aromatic rings. The maximum absolute atomic E-state index is 6.06. The topological polar surface area (TPSA) is 35.2 Å². The molecule has 1 unspecified atom stereocenters. The SMILES string of the molecule is CCC(N)Cc1ccccc1Oc1ccc(C(C)C)cc1. The highest BCUT2D eigenvalue weighted by Gasteiger charge is 2.08. The van der Waals surface area contributed by atoms with Crippen molar-refractivity contribution in [3.05, 3.63) is 59.7 Å². The van der Waals surface area contributed by atoms with Crippen LogP contribution in [0.5, 0.6) is 11.5 Å². The number of hydrogen-bond acceptors (Lipinski definition) is 2. The Morgan fingerprint density at radius 3 is 2.29 bits per heavy atom. The molecule has 0 aromatic heterocycles. The summed E-state index contributed by atoms with van der Waals surface area (Å²) in [6, 6.07) is 16.6. The van der Waals surface area contributed by atoms with Gasteiger partial charge in [-0.05, 0) is 48.1 Å². The van der Waals surface area contributed by atoms with Crippen LogP contribution in [0.4, 0.5) is 0 Å². The van der Waals surface area contributed by atoms with E-state index in [1.807, 2.05) is 30.3 Å². The van der Waals surface area contributed by atoms with Crippen molar-refractivity contribution in [3.63, 3.8) is 0 Å². The third-order valence-corrected chi connectivity index (χ3v) is 3.75. The van der Waals surface area contributed by atoms with Crippen LogP contribution in [0.25, 0.3) is 0 Å². The zero-order chi connectivity index (χ0) is 15.2. The molecule has 0 radical (unpaired) electrons. The first kappa shape index (κ1) is 15.6. The highest BCUT2D eigenvalue weighted by atomic mass is 16.5. The van der Waals surface area contributed by atoms with Gasteiger partial charge in [-0.3, -0.25) is 0 Å². The highest BCUT2D eigenvalue weighted by Crippen LogP contribution is 2.27. The summed E-state index contributed by atoms with van der Waals surface area (Å²) >= 11 is 0. The van der Waals surface area contributed by atoms with E-state index >= 15 is 0 Å². The van der Waals surface area contributed by atoms with Crippen LogP contribution in [-0.2, 0) is 6.42 Å². The molecule has 0 aliphatic heterocycles. The summed E-state index contributed by atoms with van der Waals surface area (Å²) in [5.41, 5.74) is 8.55. The van der Waals surface area contributed by atoms with Crippen LogP contribution < -0.4 is 10.5 Å². The Kier molecular flexibility index (Phi) is 5.40. The summed E-state index contributed by atoms with van der Waals surface area (Å²) in [4.78, 5) is 0. The molecule has 0 heterocycles. The minimum atomic E-state index is 0.179. The van der Waals surface area contributed by atoms with Crippen molar-refractivity contribution in [2.45, 2.75) is 45.6 Å². The normalized spacial score (nSPS) is 12.4. The number of para-hydroxylation sites is 1. The molecule has 2 N–H and O–H groups in total. The van der Waals surface area contributed by atoms with Gasteiger partial charge in [0.2, 0.25) is 0 Å². The first-order chi connectivity index (χ1) is 10.1. The van der Waals surface area contributed by atoms with Gasteiger partial charge < -0.3 is 10.5 Å². The minimum absolute atomic E-state index is 0.179. The lowest BCUT2D eigenvalue weighted by Crippen LogP contribution is -2.21. The van der Waals surface area contributed by atoms with Gasteiger partial charge >= 0.3 is 0 Å². The van der Waals surface area contributed by atoms with Crippen LogP contribution >= 0.6 is 0 Å². The first-order valence-electron chi connectivity index (χ1n) is 7.71. The molecule has 2 aromatic carbocycles. The van der Waals surface area contributed by atoms with E-state index in [1.165, 1.54) is 11.1 Å². The number of benzene rings is 2. The Hall–Kier alpha value is -1.80. The molecule has 0 fully saturated rings. The third kappa shape index (κ3) is 4.33. The molecular weight excluding hydrogens is 258 g/mol. The van der Waals surface area contributed by atoms with Gasteiger partial charge in [0, 0.05) is 6.04 Å². The van der Waals surface area contributed by atoms with Gasteiger partial charge in [-0.1, -0.05) is 51.1 Å². The number of ether oxygens (including phenoxy) is 1. The standard InChI is InChI=1S/C19H25NO/c1-4-17(20)13-16-7-5-6-8-19(16)21-18-11-9-15(10-12-18)14(2)3/h5-12,14,17H,4,13,20H2,1-3H3. The van der Waals surface area contributed by atoms with Gasteiger partial charge in [0.1, 0.15) is 11.5 Å². The quantitative estimate of drug-likeness (QED) is 0.819. The fourth-order valence-electron chi connectivity index (χ4n) is 2.25. The van der Waals surface area contributed by atoms with Gasteiger partial charge in [-0.15, -0.1) is 0 Å². The van der Waals surface area contributed by atoms with Crippen LogP contribution in [0, 0.1) is 0 Å². The molecule has 0 aliphatic rings. The molecule has 21 heavy (non-hydrogen) atoms. The maximum Gasteiger partial charge on any atom is 0.130 e. The lowest BCUT2D eigenvalue weighted by Gasteiger charge is -2.14. The van der Waals surface area contributed by atoms with Gasteiger partial charge in [0.05, 0.1) is 0 Å². The smallest absolute Gasteiger partial charge is 0.130 e. The van der Waals surface area contributed by atoms with Gasteiger partial charge in [-0.25, -0.2) is 0 Å². The lowest BCUT2D eigenvalue weighted by atomic mass is 10.0. The number of rotatable bonds is 6. The molecule has 0 aliphatic carbocycles. The summed E-state index contributed by atoms with van der Waals surface area (Å²) in [5.74, 6) is 2.31. The molecular formula is C19H25NO. The van der Waals surface area contributed by atoms with Gasteiger partial charge in [-0.2, -0.15) is 0 Å². The summed E-state index contributed by atoms with van der Waals surface area (Å²) in [6.45, 7) is 6.49. The molecule has 0 bridgehead atoms. The Balaban J connectivity index is 2.15. The van der Waals surface area contributed by atoms with E-state index in [2.05, 4.69) is 39.0 Å². The molecule has 112 valence electrons. The number of hydrogen-bond donors (Lipinski definition) is 1. The molecule has 0 spiro atoms. The summed E-state index contributed by atoms with van der Waals surface area (Å²) in [5, 5.41) is 0. The summed E-state index contributed by atoms with van der Waals surface area (Å²) < 4.78 is 6.03. The number of nitrogens with two attached hydrogens (primary N) is 1. The predicted octanol–water partition coefficient (Wildman–Crippen LogP) is 4.88. The van der Waals surface area contributed by atoms with Crippen LogP contribution in [0.3, 0.4) is 0 Å². The molecule has 2 nitrogen and oxygen atoms in total. The zero-order valence-electron chi connectivity index (χ0n) is 13.2. The van der Waals surface area contributed by atoms with Crippen molar-refractivity contribution in [2.24, 2.45) is 5.73 Å². The monoisotopic (exact) mass is 283 g/mol. The van der Waals surface area contributed by atoms with Gasteiger partial charge in [0.25, 0.3) is 0 Å². The van der Waals surface area contributed by atoms with E-state index in [-0.39, 0.29) is 6.04 Å².